The number of benzene rings is 1. The molecule has 0 spiro atoms. The lowest BCUT2D eigenvalue weighted by Crippen LogP contribution is -2.05. The molecule has 138 valence electrons. The highest BCUT2D eigenvalue weighted by Crippen LogP contribution is 2.31. The number of carboxylic acids is 1. The summed E-state index contributed by atoms with van der Waals surface area (Å²) in [5, 5.41) is 12.2. The van der Waals surface area contributed by atoms with Crippen molar-refractivity contribution in [1.29, 1.82) is 0 Å². The van der Waals surface area contributed by atoms with E-state index in [1.807, 2.05) is 37.3 Å². The average molecular weight is 400 g/mol. The molecule has 2 aromatic heterocycles. The summed E-state index contributed by atoms with van der Waals surface area (Å²) < 4.78 is 0.685. The minimum Gasteiger partial charge on any atom is -0.481 e. The average Bonchev–Trinajstić information content (AvgIpc) is 3.05. The Labute approximate surface area is 166 Å². The van der Waals surface area contributed by atoms with E-state index in [0.29, 0.717) is 22.4 Å². The number of carbonyl (C=O) groups is 1. The SMILES string of the molecule is C=CCc1c(C)nc(-c2ccc(Cl)s2)nc1Nc1ccc(CC(=O)O)cc1. The molecule has 3 aromatic rings. The summed E-state index contributed by atoms with van der Waals surface area (Å²) in [6.45, 7) is 5.76. The van der Waals surface area contributed by atoms with E-state index in [4.69, 9.17) is 16.7 Å². The number of anilines is 2. The van der Waals surface area contributed by atoms with Crippen molar-refractivity contribution >= 4 is 40.4 Å². The first-order valence-corrected chi connectivity index (χ1v) is 9.47. The second-order valence-electron chi connectivity index (χ2n) is 5.95. The van der Waals surface area contributed by atoms with Gasteiger partial charge < -0.3 is 10.4 Å². The van der Waals surface area contributed by atoms with Crippen molar-refractivity contribution < 1.29 is 9.90 Å². The third kappa shape index (κ3) is 4.72. The quantitative estimate of drug-likeness (QED) is 0.529. The number of thiophene rings is 1. The molecule has 0 aliphatic heterocycles. The molecule has 0 atom stereocenters. The van der Waals surface area contributed by atoms with Gasteiger partial charge in [0.15, 0.2) is 5.82 Å². The van der Waals surface area contributed by atoms with E-state index in [1.54, 1.807) is 12.1 Å². The molecule has 7 heteroatoms. The van der Waals surface area contributed by atoms with E-state index in [0.717, 1.165) is 27.4 Å². The van der Waals surface area contributed by atoms with E-state index in [-0.39, 0.29) is 6.42 Å². The van der Waals surface area contributed by atoms with Gasteiger partial charge in [-0.2, -0.15) is 0 Å². The number of aryl methyl sites for hydroxylation is 1. The number of rotatable bonds is 7. The van der Waals surface area contributed by atoms with Crippen LogP contribution in [0, 0.1) is 6.92 Å². The minimum atomic E-state index is -0.852. The van der Waals surface area contributed by atoms with Gasteiger partial charge in [-0.05, 0) is 43.2 Å². The lowest BCUT2D eigenvalue weighted by Gasteiger charge is -2.14. The van der Waals surface area contributed by atoms with E-state index >= 15 is 0 Å². The van der Waals surface area contributed by atoms with Crippen LogP contribution >= 0.6 is 22.9 Å². The van der Waals surface area contributed by atoms with Crippen molar-refractivity contribution in [2.75, 3.05) is 5.32 Å². The van der Waals surface area contributed by atoms with Gasteiger partial charge in [-0.3, -0.25) is 4.79 Å². The molecule has 1 aromatic carbocycles. The zero-order chi connectivity index (χ0) is 19.4. The first-order chi connectivity index (χ1) is 13.0. The summed E-state index contributed by atoms with van der Waals surface area (Å²) in [7, 11) is 0. The van der Waals surface area contributed by atoms with Crippen molar-refractivity contribution in [3.8, 4) is 10.7 Å². The number of hydrogen-bond donors (Lipinski definition) is 2. The van der Waals surface area contributed by atoms with E-state index in [2.05, 4.69) is 21.9 Å². The maximum Gasteiger partial charge on any atom is 0.307 e. The molecule has 5 nitrogen and oxygen atoms in total. The second kappa shape index (κ2) is 8.33. The standard InChI is InChI=1S/C20H18ClN3O2S/c1-3-4-15-12(2)22-20(16-9-10-17(21)27-16)24-19(15)23-14-7-5-13(6-8-14)11-18(25)26/h3,5-10H,1,4,11H2,2H3,(H,25,26)(H,22,23,24). The lowest BCUT2D eigenvalue weighted by atomic mass is 10.1. The van der Waals surface area contributed by atoms with Crippen LogP contribution in [0.2, 0.25) is 4.34 Å². The number of allylic oxidation sites excluding steroid dienone is 1. The Kier molecular flexibility index (Phi) is 5.88. The van der Waals surface area contributed by atoms with Crippen LogP contribution in [0.25, 0.3) is 10.7 Å². The Bertz CT molecular complexity index is 983. The fourth-order valence-corrected chi connectivity index (χ4v) is 3.63. The fourth-order valence-electron chi connectivity index (χ4n) is 2.65. The molecule has 0 aliphatic carbocycles. The van der Waals surface area contributed by atoms with Gasteiger partial charge in [0.2, 0.25) is 0 Å². The number of halogens is 1. The maximum atomic E-state index is 10.8. The van der Waals surface area contributed by atoms with E-state index in [1.165, 1.54) is 11.3 Å². The molecule has 0 radical (unpaired) electrons. The summed E-state index contributed by atoms with van der Waals surface area (Å²) >= 11 is 7.47. The molecule has 3 rings (SSSR count). The molecule has 0 fully saturated rings. The van der Waals surface area contributed by atoms with Crippen molar-refractivity contribution in [3.05, 3.63) is 70.2 Å². The van der Waals surface area contributed by atoms with Gasteiger partial charge >= 0.3 is 5.97 Å². The van der Waals surface area contributed by atoms with Crippen LogP contribution in [-0.2, 0) is 17.6 Å². The molecule has 2 heterocycles. The predicted octanol–water partition coefficient (Wildman–Crippen LogP) is 5.27. The summed E-state index contributed by atoms with van der Waals surface area (Å²) in [4.78, 5) is 21.0. The van der Waals surface area contributed by atoms with Crippen LogP contribution in [0.15, 0.2) is 49.1 Å². The number of nitrogens with one attached hydrogen (secondary N) is 1. The van der Waals surface area contributed by atoms with Gasteiger partial charge in [-0.1, -0.05) is 29.8 Å². The van der Waals surface area contributed by atoms with Crippen LogP contribution in [0.4, 0.5) is 11.5 Å². The molecule has 0 saturated heterocycles. The van der Waals surface area contributed by atoms with Gasteiger partial charge in [-0.15, -0.1) is 17.9 Å². The zero-order valence-electron chi connectivity index (χ0n) is 14.7. The Morgan fingerprint density at radius 1 is 1.26 bits per heavy atom. The highest BCUT2D eigenvalue weighted by atomic mass is 35.5. The fraction of sp³-hybridized carbons (Fsp3) is 0.150. The first kappa shape index (κ1) is 19.1. The summed E-state index contributed by atoms with van der Waals surface area (Å²) in [5.74, 6) is 0.463. The van der Waals surface area contributed by atoms with Gasteiger partial charge in [0.1, 0.15) is 5.82 Å². The number of aliphatic carboxylic acids is 1. The second-order valence-corrected chi connectivity index (χ2v) is 7.66. The Morgan fingerprint density at radius 2 is 2.00 bits per heavy atom. The zero-order valence-corrected chi connectivity index (χ0v) is 16.3. The molecule has 0 unspecified atom stereocenters. The monoisotopic (exact) mass is 399 g/mol. The third-order valence-electron chi connectivity index (χ3n) is 3.93. The Balaban J connectivity index is 1.95. The van der Waals surface area contributed by atoms with Crippen molar-refractivity contribution in [3.63, 3.8) is 0 Å². The number of nitrogens with zero attached hydrogens (tertiary/aromatic N) is 2. The predicted molar refractivity (Wildman–Crippen MR) is 110 cm³/mol. The summed E-state index contributed by atoms with van der Waals surface area (Å²) in [5.41, 5.74) is 3.40. The molecule has 0 aliphatic rings. The summed E-state index contributed by atoms with van der Waals surface area (Å²) in [6.07, 6.45) is 2.45. The van der Waals surface area contributed by atoms with Crippen LogP contribution in [0.5, 0.6) is 0 Å². The Hall–Kier alpha value is -2.70. The van der Waals surface area contributed by atoms with E-state index < -0.39 is 5.97 Å². The number of aromatic nitrogens is 2. The molecule has 0 amide bonds. The topological polar surface area (TPSA) is 75.1 Å². The van der Waals surface area contributed by atoms with E-state index in [9.17, 15) is 4.79 Å². The van der Waals surface area contributed by atoms with Gasteiger partial charge in [0.25, 0.3) is 0 Å². The first-order valence-electron chi connectivity index (χ1n) is 8.28. The molecular formula is C20H18ClN3O2S. The molecule has 27 heavy (non-hydrogen) atoms. The van der Waals surface area contributed by atoms with Gasteiger partial charge in [0.05, 0.1) is 15.6 Å². The van der Waals surface area contributed by atoms with Crippen molar-refractivity contribution in [1.82, 2.24) is 9.97 Å². The van der Waals surface area contributed by atoms with Gasteiger partial charge in [0, 0.05) is 16.9 Å². The molecule has 2 N–H and O–H groups in total. The van der Waals surface area contributed by atoms with Crippen LogP contribution < -0.4 is 5.32 Å². The van der Waals surface area contributed by atoms with Crippen molar-refractivity contribution in [2.45, 2.75) is 19.8 Å². The highest BCUT2D eigenvalue weighted by Gasteiger charge is 2.14. The normalized spacial score (nSPS) is 10.6. The largest absolute Gasteiger partial charge is 0.481 e. The van der Waals surface area contributed by atoms with Crippen LogP contribution in [0.1, 0.15) is 16.8 Å². The van der Waals surface area contributed by atoms with Crippen LogP contribution in [0.3, 0.4) is 0 Å². The smallest absolute Gasteiger partial charge is 0.307 e. The Morgan fingerprint density at radius 3 is 2.59 bits per heavy atom. The highest BCUT2D eigenvalue weighted by molar-refractivity contribution is 7.19. The van der Waals surface area contributed by atoms with Gasteiger partial charge in [-0.25, -0.2) is 9.97 Å². The summed E-state index contributed by atoms with van der Waals surface area (Å²) in [6, 6.07) is 11.0. The number of carboxylic acid groups (broad SMARTS) is 1. The molecular weight excluding hydrogens is 382 g/mol. The number of hydrogen-bond acceptors (Lipinski definition) is 5. The third-order valence-corrected chi connectivity index (χ3v) is 5.16. The molecule has 0 bridgehead atoms. The molecule has 0 saturated carbocycles. The van der Waals surface area contributed by atoms with Crippen molar-refractivity contribution in [2.24, 2.45) is 0 Å². The maximum absolute atomic E-state index is 10.8. The lowest BCUT2D eigenvalue weighted by molar-refractivity contribution is -0.136. The minimum absolute atomic E-state index is 0.00209. The van der Waals surface area contributed by atoms with Crippen LogP contribution in [-0.4, -0.2) is 21.0 Å².